The molecule has 0 amide bonds. The highest BCUT2D eigenvalue weighted by molar-refractivity contribution is 7.17. The van der Waals surface area contributed by atoms with Gasteiger partial charge in [0.05, 0.1) is 12.1 Å². The number of nitrogens with zero attached hydrogens (tertiary/aromatic N) is 3. The van der Waals surface area contributed by atoms with E-state index in [1.807, 2.05) is 41.7 Å². The SMILES string of the molecule is CCCCCCCCCC=CC(=O)OCOc1ccc2ccc(OCCCCN3CCN(c4cccc5sccc45)CC3)cc2n1. The predicted octanol–water partition coefficient (Wildman–Crippen LogP) is 9.01. The Labute approximate surface area is 278 Å². The van der Waals surface area contributed by atoms with Crippen molar-refractivity contribution in [3.05, 3.63) is 72.1 Å². The van der Waals surface area contributed by atoms with Gasteiger partial charge in [-0.2, -0.15) is 0 Å². The van der Waals surface area contributed by atoms with Gasteiger partial charge in [-0.15, -0.1) is 11.3 Å². The molecule has 4 aromatic rings. The summed E-state index contributed by atoms with van der Waals surface area (Å²) in [7, 11) is 0. The number of thiophene rings is 1. The van der Waals surface area contributed by atoms with Gasteiger partial charge in [-0.25, -0.2) is 9.78 Å². The van der Waals surface area contributed by atoms with Gasteiger partial charge in [-0.3, -0.25) is 4.90 Å². The second-order valence-corrected chi connectivity index (χ2v) is 13.0. The molecule has 2 aromatic heterocycles. The van der Waals surface area contributed by atoms with E-state index in [4.69, 9.17) is 14.2 Å². The van der Waals surface area contributed by atoms with Crippen molar-refractivity contribution in [2.24, 2.45) is 0 Å². The van der Waals surface area contributed by atoms with E-state index in [0.29, 0.717) is 12.5 Å². The lowest BCUT2D eigenvalue weighted by Crippen LogP contribution is -2.46. The van der Waals surface area contributed by atoms with Crippen LogP contribution in [0.2, 0.25) is 0 Å². The lowest BCUT2D eigenvalue weighted by Gasteiger charge is -2.36. The zero-order valence-electron chi connectivity index (χ0n) is 27.3. The summed E-state index contributed by atoms with van der Waals surface area (Å²) in [5.74, 6) is 0.816. The Balaban J connectivity index is 0.951. The molecule has 8 heteroatoms. The van der Waals surface area contributed by atoms with Crippen molar-refractivity contribution in [1.29, 1.82) is 0 Å². The standard InChI is InChI=1S/C38H49N3O4S/c1-2-3-4-5-6-7-8-9-10-16-38(42)45-30-44-37-20-18-31-17-19-32(29-34(31)39-37)43-27-12-11-22-40-23-25-41(26-24-40)35-14-13-15-36-33(35)21-28-46-36/h10,13-21,28-29H,2-9,11-12,22-27,30H2,1H3. The van der Waals surface area contributed by atoms with E-state index in [1.165, 1.54) is 60.4 Å². The van der Waals surface area contributed by atoms with Crippen LogP contribution in [0.1, 0.15) is 71.1 Å². The Morgan fingerprint density at radius 3 is 2.59 bits per heavy atom. The molecule has 5 rings (SSSR count). The minimum Gasteiger partial charge on any atom is -0.494 e. The smallest absolute Gasteiger partial charge is 0.333 e. The van der Waals surface area contributed by atoms with Crippen molar-refractivity contribution in [1.82, 2.24) is 9.88 Å². The third kappa shape index (κ3) is 10.5. The normalized spacial score (nSPS) is 14.0. The van der Waals surface area contributed by atoms with Crippen LogP contribution in [0.15, 0.2) is 72.1 Å². The monoisotopic (exact) mass is 643 g/mol. The van der Waals surface area contributed by atoms with E-state index in [2.05, 4.69) is 51.4 Å². The number of fused-ring (bicyclic) bond motifs is 2. The highest BCUT2D eigenvalue weighted by Gasteiger charge is 2.18. The number of pyridine rings is 1. The molecule has 1 fully saturated rings. The summed E-state index contributed by atoms with van der Waals surface area (Å²) in [6, 6.07) is 18.6. The van der Waals surface area contributed by atoms with Crippen LogP contribution in [0.5, 0.6) is 11.6 Å². The number of allylic oxidation sites excluding steroid dienone is 1. The molecule has 0 radical (unpaired) electrons. The zero-order valence-corrected chi connectivity index (χ0v) is 28.1. The van der Waals surface area contributed by atoms with Gasteiger partial charge >= 0.3 is 5.97 Å². The number of carbonyl (C=O) groups is 1. The molecule has 0 spiro atoms. The molecule has 1 saturated heterocycles. The third-order valence-corrected chi connectivity index (χ3v) is 9.48. The topological polar surface area (TPSA) is 64.1 Å². The molecule has 3 heterocycles. The predicted molar refractivity (Wildman–Crippen MR) is 190 cm³/mol. The molecule has 0 unspecified atom stereocenters. The van der Waals surface area contributed by atoms with Crippen molar-refractivity contribution in [3.63, 3.8) is 0 Å². The average Bonchev–Trinajstić information content (AvgIpc) is 3.57. The molecule has 46 heavy (non-hydrogen) atoms. The number of ether oxygens (including phenoxy) is 3. The highest BCUT2D eigenvalue weighted by Crippen LogP contribution is 2.31. The number of piperazine rings is 1. The number of aromatic nitrogens is 1. The van der Waals surface area contributed by atoms with E-state index in [-0.39, 0.29) is 6.79 Å². The summed E-state index contributed by atoms with van der Waals surface area (Å²) >= 11 is 1.81. The molecular formula is C38H49N3O4S. The lowest BCUT2D eigenvalue weighted by molar-refractivity contribution is -0.144. The molecule has 1 aliphatic heterocycles. The summed E-state index contributed by atoms with van der Waals surface area (Å²) in [6.07, 6.45) is 15.2. The summed E-state index contributed by atoms with van der Waals surface area (Å²) in [5, 5.41) is 4.56. The van der Waals surface area contributed by atoms with E-state index >= 15 is 0 Å². The largest absolute Gasteiger partial charge is 0.494 e. The minimum atomic E-state index is -0.395. The quantitative estimate of drug-likeness (QED) is 0.0437. The van der Waals surface area contributed by atoms with Gasteiger partial charge in [0, 0.05) is 65.5 Å². The third-order valence-electron chi connectivity index (χ3n) is 8.60. The lowest BCUT2D eigenvalue weighted by atomic mass is 10.1. The molecule has 2 aromatic carbocycles. The number of anilines is 1. The van der Waals surface area contributed by atoms with Crippen LogP contribution in [0.25, 0.3) is 21.0 Å². The van der Waals surface area contributed by atoms with Gasteiger partial charge < -0.3 is 19.1 Å². The van der Waals surface area contributed by atoms with Gasteiger partial charge in [0.1, 0.15) is 5.75 Å². The van der Waals surface area contributed by atoms with Gasteiger partial charge in [0.25, 0.3) is 0 Å². The van der Waals surface area contributed by atoms with E-state index in [1.54, 1.807) is 6.07 Å². The first-order chi connectivity index (χ1) is 22.7. The first kappa shape index (κ1) is 33.7. The van der Waals surface area contributed by atoms with Crippen molar-refractivity contribution >= 4 is 44.0 Å². The minimum absolute atomic E-state index is 0.172. The van der Waals surface area contributed by atoms with E-state index in [0.717, 1.165) is 75.1 Å². The van der Waals surface area contributed by atoms with Crippen LogP contribution >= 0.6 is 11.3 Å². The van der Waals surface area contributed by atoms with Crippen molar-refractivity contribution in [2.75, 3.05) is 51.0 Å². The fourth-order valence-corrected chi connectivity index (χ4v) is 6.74. The Morgan fingerprint density at radius 2 is 1.72 bits per heavy atom. The Kier molecular flexibility index (Phi) is 13.6. The van der Waals surface area contributed by atoms with Crippen LogP contribution in [-0.2, 0) is 9.53 Å². The average molecular weight is 644 g/mol. The van der Waals surface area contributed by atoms with Gasteiger partial charge in [0.2, 0.25) is 12.7 Å². The molecule has 7 nitrogen and oxygen atoms in total. The van der Waals surface area contributed by atoms with Crippen LogP contribution in [-0.4, -0.2) is 62.0 Å². The van der Waals surface area contributed by atoms with Gasteiger partial charge in [-0.1, -0.05) is 57.6 Å². The molecule has 0 aliphatic carbocycles. The first-order valence-corrected chi connectivity index (χ1v) is 18.0. The Bertz CT molecular complexity index is 1530. The maximum absolute atomic E-state index is 12.0. The number of benzene rings is 2. The number of unbranched alkanes of at least 4 members (excludes halogenated alkanes) is 8. The molecular weight excluding hydrogens is 595 g/mol. The molecule has 1 aliphatic rings. The van der Waals surface area contributed by atoms with Gasteiger partial charge in [0.15, 0.2) is 0 Å². The summed E-state index contributed by atoms with van der Waals surface area (Å²) in [5.41, 5.74) is 2.16. The van der Waals surface area contributed by atoms with Crippen molar-refractivity contribution in [2.45, 2.75) is 71.1 Å². The molecule has 0 saturated carbocycles. The number of hydrogen-bond donors (Lipinski definition) is 0. The summed E-state index contributed by atoms with van der Waals surface area (Å²) in [6.45, 7) is 8.16. The number of hydrogen-bond acceptors (Lipinski definition) is 8. The highest BCUT2D eigenvalue weighted by atomic mass is 32.1. The first-order valence-electron chi connectivity index (χ1n) is 17.1. The molecule has 0 bridgehead atoms. The number of carbonyl (C=O) groups excluding carboxylic acids is 1. The Morgan fingerprint density at radius 1 is 0.891 bits per heavy atom. The second kappa shape index (κ2) is 18.5. The van der Waals surface area contributed by atoms with Crippen LogP contribution in [0.3, 0.4) is 0 Å². The molecule has 246 valence electrons. The molecule has 0 atom stereocenters. The zero-order chi connectivity index (χ0) is 31.8. The summed E-state index contributed by atoms with van der Waals surface area (Å²) < 4.78 is 18.2. The maximum atomic E-state index is 12.0. The fourth-order valence-electron chi connectivity index (χ4n) is 5.94. The maximum Gasteiger partial charge on any atom is 0.333 e. The number of esters is 1. The van der Waals surface area contributed by atoms with Crippen molar-refractivity contribution < 1.29 is 19.0 Å². The molecule has 0 N–H and O–H groups in total. The van der Waals surface area contributed by atoms with E-state index in [9.17, 15) is 4.79 Å². The van der Waals surface area contributed by atoms with Crippen molar-refractivity contribution in [3.8, 4) is 11.6 Å². The summed E-state index contributed by atoms with van der Waals surface area (Å²) in [4.78, 5) is 21.7. The fraction of sp³-hybridized carbons (Fsp3) is 0.474. The van der Waals surface area contributed by atoms with Crippen LogP contribution in [0, 0.1) is 0 Å². The van der Waals surface area contributed by atoms with Crippen LogP contribution in [0.4, 0.5) is 5.69 Å². The second-order valence-electron chi connectivity index (χ2n) is 12.0. The van der Waals surface area contributed by atoms with Gasteiger partial charge in [-0.05, 0) is 74.0 Å². The van der Waals surface area contributed by atoms with Crippen LogP contribution < -0.4 is 14.4 Å². The Hall–Kier alpha value is -3.62. The number of rotatable bonds is 19. The van der Waals surface area contributed by atoms with E-state index < -0.39 is 5.97 Å².